The van der Waals surface area contributed by atoms with Crippen LogP contribution in [0.2, 0.25) is 5.02 Å². The lowest BCUT2D eigenvalue weighted by molar-refractivity contribution is 0.0943. The maximum absolute atomic E-state index is 9.67. The van der Waals surface area contributed by atoms with Crippen LogP contribution in [0.5, 0.6) is 0 Å². The predicted molar refractivity (Wildman–Crippen MR) is 77.7 cm³/mol. The zero-order chi connectivity index (χ0) is 13.7. The molecule has 0 atom stereocenters. The Balaban J connectivity index is 2.04. The Morgan fingerprint density at radius 1 is 1.37 bits per heavy atom. The number of halogens is 1. The van der Waals surface area contributed by atoms with Gasteiger partial charge in [0.05, 0.1) is 12.8 Å². The fourth-order valence-corrected chi connectivity index (χ4v) is 2.73. The van der Waals surface area contributed by atoms with Crippen molar-refractivity contribution in [1.82, 2.24) is 9.97 Å². The van der Waals surface area contributed by atoms with E-state index in [4.69, 9.17) is 11.6 Å². The molecule has 0 radical (unpaired) electrons. The molecule has 5 nitrogen and oxygen atoms in total. The van der Waals surface area contributed by atoms with Crippen LogP contribution in [0.15, 0.2) is 6.20 Å². The fourth-order valence-electron chi connectivity index (χ4n) is 2.58. The van der Waals surface area contributed by atoms with E-state index >= 15 is 0 Å². The maximum Gasteiger partial charge on any atom is 0.224 e. The Morgan fingerprint density at radius 3 is 2.74 bits per heavy atom. The smallest absolute Gasteiger partial charge is 0.224 e. The predicted octanol–water partition coefficient (Wildman–Crippen LogP) is 2.53. The number of hydrogen-bond acceptors (Lipinski definition) is 5. The Labute approximate surface area is 118 Å². The third kappa shape index (κ3) is 3.48. The van der Waals surface area contributed by atoms with Crippen molar-refractivity contribution >= 4 is 23.4 Å². The number of nitrogens with zero attached hydrogens (tertiary/aromatic N) is 2. The fraction of sp³-hybridized carbons (Fsp3) is 0.692. The van der Waals surface area contributed by atoms with E-state index in [1.165, 1.54) is 19.3 Å². The average molecular weight is 285 g/mol. The molecule has 1 heterocycles. The first-order valence-electron chi connectivity index (χ1n) is 6.74. The summed E-state index contributed by atoms with van der Waals surface area (Å²) in [4.78, 5) is 8.34. The van der Waals surface area contributed by atoms with Crippen molar-refractivity contribution in [3.05, 3.63) is 11.2 Å². The van der Waals surface area contributed by atoms with E-state index in [1.807, 2.05) is 0 Å². The van der Waals surface area contributed by atoms with Gasteiger partial charge < -0.3 is 15.7 Å². The highest BCUT2D eigenvalue weighted by atomic mass is 35.5. The van der Waals surface area contributed by atoms with Crippen LogP contribution in [0.1, 0.15) is 32.1 Å². The molecule has 1 saturated carbocycles. The van der Waals surface area contributed by atoms with E-state index in [-0.39, 0.29) is 12.0 Å². The van der Waals surface area contributed by atoms with Gasteiger partial charge in [0.25, 0.3) is 0 Å². The molecule has 1 aromatic rings. The Hall–Kier alpha value is -1.07. The van der Waals surface area contributed by atoms with Crippen LogP contribution in [-0.2, 0) is 0 Å². The van der Waals surface area contributed by atoms with Gasteiger partial charge in [-0.05, 0) is 12.8 Å². The molecule has 1 aromatic heterocycles. The summed E-state index contributed by atoms with van der Waals surface area (Å²) in [6.07, 6.45) is 7.31. The van der Waals surface area contributed by atoms with Gasteiger partial charge in [-0.25, -0.2) is 4.98 Å². The third-order valence-electron chi connectivity index (χ3n) is 3.85. The summed E-state index contributed by atoms with van der Waals surface area (Å²) < 4.78 is 0. The summed E-state index contributed by atoms with van der Waals surface area (Å²) >= 11 is 6.08. The average Bonchev–Trinajstić information content (AvgIpc) is 2.47. The molecular weight excluding hydrogens is 264 g/mol. The van der Waals surface area contributed by atoms with Gasteiger partial charge in [-0.1, -0.05) is 30.9 Å². The molecule has 6 heteroatoms. The molecule has 106 valence electrons. The zero-order valence-corrected chi connectivity index (χ0v) is 12.0. The van der Waals surface area contributed by atoms with Gasteiger partial charge in [-0.2, -0.15) is 4.98 Å². The lowest BCUT2D eigenvalue weighted by Crippen LogP contribution is -2.35. The second-order valence-electron chi connectivity index (χ2n) is 5.21. The van der Waals surface area contributed by atoms with Crippen LogP contribution in [0.25, 0.3) is 0 Å². The zero-order valence-electron chi connectivity index (χ0n) is 11.2. The molecule has 1 fully saturated rings. The summed E-state index contributed by atoms with van der Waals surface area (Å²) in [7, 11) is 1.77. The van der Waals surface area contributed by atoms with Crippen molar-refractivity contribution < 1.29 is 5.11 Å². The Bertz CT molecular complexity index is 421. The van der Waals surface area contributed by atoms with E-state index in [2.05, 4.69) is 20.6 Å². The topological polar surface area (TPSA) is 70.1 Å². The van der Waals surface area contributed by atoms with Crippen molar-refractivity contribution in [2.24, 2.45) is 5.41 Å². The summed E-state index contributed by atoms with van der Waals surface area (Å²) in [6, 6.07) is 0. The molecule has 0 aliphatic heterocycles. The first kappa shape index (κ1) is 14.3. The molecule has 0 spiro atoms. The molecule has 0 bridgehead atoms. The molecule has 0 saturated heterocycles. The van der Waals surface area contributed by atoms with Crippen molar-refractivity contribution in [3.8, 4) is 0 Å². The largest absolute Gasteiger partial charge is 0.396 e. The van der Waals surface area contributed by atoms with E-state index in [1.54, 1.807) is 13.2 Å². The highest BCUT2D eigenvalue weighted by Crippen LogP contribution is 2.36. The SMILES string of the molecule is CNc1ncc(Cl)c(NCC2(CO)CCCCC2)n1. The highest BCUT2D eigenvalue weighted by Gasteiger charge is 2.31. The van der Waals surface area contributed by atoms with E-state index in [0.29, 0.717) is 23.3 Å². The molecule has 2 rings (SSSR count). The third-order valence-corrected chi connectivity index (χ3v) is 4.12. The number of nitrogens with one attached hydrogen (secondary N) is 2. The first-order valence-corrected chi connectivity index (χ1v) is 7.12. The van der Waals surface area contributed by atoms with Crippen LogP contribution >= 0.6 is 11.6 Å². The van der Waals surface area contributed by atoms with Crippen molar-refractivity contribution in [1.29, 1.82) is 0 Å². The lowest BCUT2D eigenvalue weighted by atomic mass is 9.74. The second-order valence-corrected chi connectivity index (χ2v) is 5.62. The molecule has 0 amide bonds. The van der Waals surface area contributed by atoms with Gasteiger partial charge in [0.2, 0.25) is 5.95 Å². The van der Waals surface area contributed by atoms with Gasteiger partial charge in [-0.15, -0.1) is 0 Å². The standard InChI is InChI=1S/C13H21ClN4O/c1-15-12-16-7-10(14)11(18-12)17-8-13(9-19)5-3-2-4-6-13/h7,19H,2-6,8-9H2,1H3,(H2,15,16,17,18). The Morgan fingerprint density at radius 2 is 2.11 bits per heavy atom. The first-order chi connectivity index (χ1) is 9.19. The summed E-state index contributed by atoms with van der Waals surface area (Å²) in [5.41, 5.74) is -0.0354. The molecule has 0 aromatic carbocycles. The van der Waals surface area contributed by atoms with Gasteiger partial charge in [0, 0.05) is 19.0 Å². The van der Waals surface area contributed by atoms with Crippen molar-refractivity contribution in [3.63, 3.8) is 0 Å². The lowest BCUT2D eigenvalue weighted by Gasteiger charge is -2.35. The maximum atomic E-state index is 9.67. The van der Waals surface area contributed by atoms with E-state index < -0.39 is 0 Å². The van der Waals surface area contributed by atoms with Crippen molar-refractivity contribution in [2.75, 3.05) is 30.8 Å². The van der Waals surface area contributed by atoms with E-state index in [0.717, 1.165) is 12.8 Å². The van der Waals surface area contributed by atoms with Crippen LogP contribution < -0.4 is 10.6 Å². The summed E-state index contributed by atoms with van der Waals surface area (Å²) in [5, 5.41) is 16.3. The normalized spacial score (nSPS) is 18.1. The number of aliphatic hydroxyl groups excluding tert-OH is 1. The molecule has 0 unspecified atom stereocenters. The molecular formula is C13H21ClN4O. The van der Waals surface area contributed by atoms with Crippen LogP contribution in [-0.4, -0.2) is 35.3 Å². The van der Waals surface area contributed by atoms with Crippen molar-refractivity contribution in [2.45, 2.75) is 32.1 Å². The summed E-state index contributed by atoms with van der Waals surface area (Å²) in [6.45, 7) is 0.908. The van der Waals surface area contributed by atoms with Gasteiger partial charge in [-0.3, -0.25) is 0 Å². The number of aromatic nitrogens is 2. The monoisotopic (exact) mass is 284 g/mol. The minimum atomic E-state index is -0.0354. The van der Waals surface area contributed by atoms with Gasteiger partial charge >= 0.3 is 0 Å². The number of aliphatic hydroxyl groups is 1. The van der Waals surface area contributed by atoms with Crippen LogP contribution in [0, 0.1) is 5.41 Å². The molecule has 19 heavy (non-hydrogen) atoms. The quantitative estimate of drug-likeness (QED) is 0.775. The molecule has 1 aliphatic carbocycles. The van der Waals surface area contributed by atoms with Gasteiger partial charge in [0.1, 0.15) is 5.02 Å². The van der Waals surface area contributed by atoms with E-state index in [9.17, 15) is 5.11 Å². The van der Waals surface area contributed by atoms with Crippen LogP contribution in [0.3, 0.4) is 0 Å². The highest BCUT2D eigenvalue weighted by molar-refractivity contribution is 6.32. The number of rotatable bonds is 5. The number of anilines is 2. The summed E-state index contributed by atoms with van der Waals surface area (Å²) in [5.74, 6) is 1.16. The molecule has 1 aliphatic rings. The van der Waals surface area contributed by atoms with Crippen LogP contribution in [0.4, 0.5) is 11.8 Å². The van der Waals surface area contributed by atoms with Gasteiger partial charge in [0.15, 0.2) is 5.82 Å². The number of hydrogen-bond donors (Lipinski definition) is 3. The Kier molecular flexibility index (Phi) is 4.82. The minimum Gasteiger partial charge on any atom is -0.396 e. The molecule has 3 N–H and O–H groups in total. The second kappa shape index (κ2) is 6.39. The minimum absolute atomic E-state index is 0.0354.